The first-order chi connectivity index (χ1) is 9.60. The van der Waals surface area contributed by atoms with Crippen molar-refractivity contribution in [3.8, 4) is 0 Å². The summed E-state index contributed by atoms with van der Waals surface area (Å²) >= 11 is 0. The fourth-order valence-corrected chi connectivity index (χ4v) is 4.28. The minimum atomic E-state index is -0.740. The van der Waals surface area contributed by atoms with E-state index in [1.54, 1.807) is 0 Å². The molecule has 0 radical (unpaired) electrons. The van der Waals surface area contributed by atoms with Crippen molar-refractivity contribution in [2.75, 3.05) is 13.1 Å². The summed E-state index contributed by atoms with van der Waals surface area (Å²) in [6.45, 7) is 11.6. The van der Waals surface area contributed by atoms with Gasteiger partial charge in [-0.15, -0.1) is 0 Å². The molecule has 0 spiro atoms. The second-order valence-electron chi connectivity index (χ2n) is 8.08. The summed E-state index contributed by atoms with van der Waals surface area (Å²) in [4.78, 5) is 26.4. The molecule has 4 nitrogen and oxygen atoms in total. The molecule has 0 bridgehead atoms. The highest BCUT2D eigenvalue weighted by molar-refractivity contribution is 5.85. The van der Waals surface area contributed by atoms with E-state index in [4.69, 9.17) is 0 Å². The van der Waals surface area contributed by atoms with E-state index >= 15 is 0 Å². The Morgan fingerprint density at radius 1 is 1.19 bits per heavy atom. The van der Waals surface area contributed by atoms with E-state index in [9.17, 15) is 14.7 Å². The molecule has 2 aliphatic rings. The maximum atomic E-state index is 12.8. The molecule has 0 aromatic carbocycles. The van der Waals surface area contributed by atoms with Gasteiger partial charge in [0.25, 0.3) is 0 Å². The minimum Gasteiger partial charge on any atom is -0.481 e. The zero-order valence-electron chi connectivity index (χ0n) is 14.0. The smallest absolute Gasteiger partial charge is 0.311 e. The Morgan fingerprint density at radius 3 is 2.19 bits per heavy atom. The van der Waals surface area contributed by atoms with Gasteiger partial charge >= 0.3 is 5.97 Å². The average molecular weight is 295 g/mol. The van der Waals surface area contributed by atoms with Gasteiger partial charge in [0, 0.05) is 19.0 Å². The quantitative estimate of drug-likeness (QED) is 0.866. The van der Waals surface area contributed by atoms with Crippen LogP contribution in [-0.2, 0) is 9.59 Å². The number of piperidine rings is 1. The lowest BCUT2D eigenvalue weighted by Gasteiger charge is -2.40. The first-order valence-electron chi connectivity index (χ1n) is 8.12. The van der Waals surface area contributed by atoms with E-state index in [0.29, 0.717) is 25.9 Å². The predicted octanol–water partition coefficient (Wildman–Crippen LogP) is 3.16. The summed E-state index contributed by atoms with van der Waals surface area (Å²) in [5.41, 5.74) is -0.706. The topological polar surface area (TPSA) is 57.6 Å². The molecule has 1 unspecified atom stereocenters. The molecule has 0 aromatic rings. The first kappa shape index (κ1) is 16.3. The van der Waals surface area contributed by atoms with Gasteiger partial charge in [-0.2, -0.15) is 0 Å². The lowest BCUT2D eigenvalue weighted by molar-refractivity contribution is -0.156. The molecule has 1 atom stereocenters. The summed E-state index contributed by atoms with van der Waals surface area (Å²) in [7, 11) is 0. The van der Waals surface area contributed by atoms with Crippen molar-refractivity contribution < 1.29 is 14.7 Å². The van der Waals surface area contributed by atoms with Gasteiger partial charge in [-0.05, 0) is 30.1 Å². The zero-order chi connectivity index (χ0) is 16.1. The normalized spacial score (nSPS) is 31.0. The molecule has 0 aromatic heterocycles. The molecule has 1 aliphatic heterocycles. The van der Waals surface area contributed by atoms with Crippen LogP contribution in [0.5, 0.6) is 0 Å². The maximum absolute atomic E-state index is 12.8. The Labute approximate surface area is 127 Å². The number of hydrogen-bond donors (Lipinski definition) is 1. The molecule has 1 heterocycles. The molecule has 120 valence electrons. The van der Waals surface area contributed by atoms with Crippen LogP contribution in [-0.4, -0.2) is 35.0 Å². The van der Waals surface area contributed by atoms with E-state index < -0.39 is 11.4 Å². The minimum absolute atomic E-state index is 0.0121. The second-order valence-corrected chi connectivity index (χ2v) is 8.08. The first-order valence-corrected chi connectivity index (χ1v) is 8.12. The molecule has 21 heavy (non-hydrogen) atoms. The third-order valence-corrected chi connectivity index (χ3v) is 6.34. The Hall–Kier alpha value is -1.06. The third kappa shape index (κ3) is 2.36. The van der Waals surface area contributed by atoms with Crippen molar-refractivity contribution in [1.82, 2.24) is 4.90 Å². The van der Waals surface area contributed by atoms with Gasteiger partial charge in [-0.25, -0.2) is 0 Å². The molecule has 2 rings (SSSR count). The van der Waals surface area contributed by atoms with Crippen LogP contribution in [0.2, 0.25) is 0 Å². The SMILES string of the molecule is CCCC1(C(=O)O)CCCN(C(=O)C2C(C)(C)C2(C)C)C1. The molecule has 1 aliphatic carbocycles. The summed E-state index contributed by atoms with van der Waals surface area (Å²) in [5.74, 6) is -0.557. The van der Waals surface area contributed by atoms with E-state index in [1.165, 1.54) is 0 Å². The standard InChI is InChI=1S/C17H29NO3/c1-6-8-17(14(20)21)9-7-10-18(11-17)13(19)12-15(2,3)16(12,4)5/h12H,6-11H2,1-5H3,(H,20,21). The predicted molar refractivity (Wildman–Crippen MR) is 81.8 cm³/mol. The number of rotatable bonds is 4. The van der Waals surface area contributed by atoms with Gasteiger partial charge in [0.05, 0.1) is 5.41 Å². The number of carboxylic acids is 1. The summed E-state index contributed by atoms with van der Waals surface area (Å²) < 4.78 is 0. The van der Waals surface area contributed by atoms with Crippen LogP contribution in [0.4, 0.5) is 0 Å². The molecule has 1 saturated heterocycles. The third-order valence-electron chi connectivity index (χ3n) is 6.34. The van der Waals surface area contributed by atoms with Gasteiger partial charge in [-0.1, -0.05) is 41.0 Å². The zero-order valence-corrected chi connectivity index (χ0v) is 14.0. The number of carbonyl (C=O) groups is 2. The van der Waals surface area contributed by atoms with Crippen LogP contribution in [0.15, 0.2) is 0 Å². The highest BCUT2D eigenvalue weighted by Crippen LogP contribution is 2.69. The summed E-state index contributed by atoms with van der Waals surface area (Å²) in [6, 6.07) is 0. The van der Waals surface area contributed by atoms with Gasteiger partial charge < -0.3 is 10.0 Å². The Balaban J connectivity index is 2.15. The van der Waals surface area contributed by atoms with Crippen LogP contribution in [0.1, 0.15) is 60.3 Å². The Kier molecular flexibility index (Phi) is 3.88. The van der Waals surface area contributed by atoms with E-state index in [-0.39, 0.29) is 22.7 Å². The molecular formula is C17H29NO3. The van der Waals surface area contributed by atoms with Crippen molar-refractivity contribution >= 4 is 11.9 Å². The van der Waals surface area contributed by atoms with Crippen molar-refractivity contribution in [2.45, 2.75) is 60.3 Å². The average Bonchev–Trinajstić information content (AvgIpc) is 2.79. The highest BCUT2D eigenvalue weighted by atomic mass is 16.4. The van der Waals surface area contributed by atoms with Gasteiger partial charge in [0.15, 0.2) is 0 Å². The van der Waals surface area contributed by atoms with E-state index in [1.807, 2.05) is 11.8 Å². The van der Waals surface area contributed by atoms with Crippen molar-refractivity contribution in [3.05, 3.63) is 0 Å². The van der Waals surface area contributed by atoms with Crippen LogP contribution in [0.3, 0.4) is 0 Å². The van der Waals surface area contributed by atoms with E-state index in [2.05, 4.69) is 27.7 Å². The number of aliphatic carboxylic acids is 1. The number of hydrogen-bond acceptors (Lipinski definition) is 2. The fraction of sp³-hybridized carbons (Fsp3) is 0.882. The van der Waals surface area contributed by atoms with Gasteiger partial charge in [0.2, 0.25) is 5.91 Å². The highest BCUT2D eigenvalue weighted by Gasteiger charge is 2.69. The molecule has 2 fully saturated rings. The number of nitrogens with zero attached hydrogens (tertiary/aromatic N) is 1. The van der Waals surface area contributed by atoms with E-state index in [0.717, 1.165) is 12.8 Å². The van der Waals surface area contributed by atoms with Crippen molar-refractivity contribution in [2.24, 2.45) is 22.2 Å². The number of carboxylic acid groups (broad SMARTS) is 1. The Bertz CT molecular complexity index is 437. The second kappa shape index (κ2) is 4.99. The number of likely N-dealkylation sites (tertiary alicyclic amines) is 1. The molecular weight excluding hydrogens is 266 g/mol. The maximum Gasteiger partial charge on any atom is 0.311 e. The van der Waals surface area contributed by atoms with Crippen LogP contribution in [0, 0.1) is 22.2 Å². The lowest BCUT2D eigenvalue weighted by atomic mass is 9.76. The van der Waals surface area contributed by atoms with Crippen LogP contribution >= 0.6 is 0 Å². The van der Waals surface area contributed by atoms with Crippen molar-refractivity contribution in [3.63, 3.8) is 0 Å². The van der Waals surface area contributed by atoms with Crippen LogP contribution in [0.25, 0.3) is 0 Å². The molecule has 1 N–H and O–H groups in total. The van der Waals surface area contributed by atoms with Gasteiger partial charge in [0.1, 0.15) is 0 Å². The largest absolute Gasteiger partial charge is 0.481 e. The fourth-order valence-electron chi connectivity index (χ4n) is 4.28. The molecule has 1 amide bonds. The lowest BCUT2D eigenvalue weighted by Crippen LogP contribution is -2.50. The number of amides is 1. The summed E-state index contributed by atoms with van der Waals surface area (Å²) in [5, 5.41) is 9.64. The molecule has 4 heteroatoms. The van der Waals surface area contributed by atoms with Crippen LogP contribution < -0.4 is 0 Å². The molecule has 1 saturated carbocycles. The number of carbonyl (C=O) groups excluding carboxylic acids is 1. The van der Waals surface area contributed by atoms with Gasteiger partial charge in [-0.3, -0.25) is 9.59 Å². The van der Waals surface area contributed by atoms with Crippen molar-refractivity contribution in [1.29, 1.82) is 0 Å². The monoisotopic (exact) mass is 295 g/mol. The summed E-state index contributed by atoms with van der Waals surface area (Å²) in [6.07, 6.45) is 2.99. The Morgan fingerprint density at radius 2 is 1.76 bits per heavy atom.